The van der Waals surface area contributed by atoms with E-state index < -0.39 is 10.0 Å². The first-order valence-electron chi connectivity index (χ1n) is 7.95. The van der Waals surface area contributed by atoms with Gasteiger partial charge in [-0.1, -0.05) is 30.3 Å². The molecule has 0 aliphatic carbocycles. The largest absolute Gasteiger partial charge is 0.348 e. The molecule has 1 aromatic heterocycles. The summed E-state index contributed by atoms with van der Waals surface area (Å²) < 4.78 is 27.4. The van der Waals surface area contributed by atoms with Crippen molar-refractivity contribution in [3.05, 3.63) is 47.3 Å². The van der Waals surface area contributed by atoms with E-state index in [1.54, 1.807) is 13.8 Å². The maximum Gasteiger partial charge on any atom is 0.246 e. The maximum atomic E-state index is 12.4. The van der Waals surface area contributed by atoms with Crippen LogP contribution in [-0.4, -0.2) is 42.5 Å². The maximum absolute atomic E-state index is 12.4. The van der Waals surface area contributed by atoms with Gasteiger partial charge in [0, 0.05) is 14.1 Å². The van der Waals surface area contributed by atoms with E-state index in [0.717, 1.165) is 9.87 Å². The number of nitrogens with zero attached hydrogens (tertiary/aromatic N) is 3. The fourth-order valence-corrected chi connectivity index (χ4v) is 3.90. The lowest BCUT2D eigenvalue weighted by Gasteiger charge is -2.15. The Hall–Kier alpha value is -2.19. The van der Waals surface area contributed by atoms with Crippen LogP contribution in [0.15, 0.2) is 35.2 Å². The van der Waals surface area contributed by atoms with Crippen molar-refractivity contribution < 1.29 is 13.2 Å². The number of sulfonamides is 1. The Morgan fingerprint density at radius 3 is 2.40 bits per heavy atom. The third-order valence-corrected chi connectivity index (χ3v) is 6.09. The van der Waals surface area contributed by atoms with Crippen LogP contribution < -0.4 is 5.32 Å². The first-order valence-corrected chi connectivity index (χ1v) is 9.39. The molecule has 0 aliphatic rings. The number of rotatable bonds is 6. The molecule has 0 aliphatic heterocycles. The summed E-state index contributed by atoms with van der Waals surface area (Å²) in [5.41, 5.74) is 1.84. The number of hydrogen-bond acceptors (Lipinski definition) is 4. The van der Waals surface area contributed by atoms with Crippen LogP contribution >= 0.6 is 0 Å². The Morgan fingerprint density at radius 1 is 1.24 bits per heavy atom. The Labute approximate surface area is 148 Å². The van der Waals surface area contributed by atoms with E-state index in [1.165, 1.54) is 18.8 Å². The molecule has 2 rings (SSSR count). The van der Waals surface area contributed by atoms with E-state index in [1.807, 2.05) is 37.3 Å². The number of aryl methyl sites for hydroxylation is 1. The SMILES string of the molecule is Cc1nn(CC(=O)N[C@H](C)c2ccccc2)c(C)c1S(=O)(=O)N(C)C. The minimum absolute atomic E-state index is 0.0349. The number of amides is 1. The number of benzene rings is 1. The summed E-state index contributed by atoms with van der Waals surface area (Å²) in [6.45, 7) is 5.15. The number of carbonyl (C=O) groups excluding carboxylic acids is 1. The normalized spacial score (nSPS) is 13.0. The summed E-state index contributed by atoms with van der Waals surface area (Å²) in [6, 6.07) is 9.48. The highest BCUT2D eigenvalue weighted by Crippen LogP contribution is 2.22. The molecule has 25 heavy (non-hydrogen) atoms. The first kappa shape index (κ1) is 19.1. The van der Waals surface area contributed by atoms with Gasteiger partial charge in [-0.05, 0) is 26.3 Å². The van der Waals surface area contributed by atoms with Crippen LogP contribution in [0.25, 0.3) is 0 Å². The van der Waals surface area contributed by atoms with Crippen molar-refractivity contribution in [1.82, 2.24) is 19.4 Å². The van der Waals surface area contributed by atoms with Gasteiger partial charge in [-0.25, -0.2) is 12.7 Å². The van der Waals surface area contributed by atoms with E-state index in [9.17, 15) is 13.2 Å². The van der Waals surface area contributed by atoms with Gasteiger partial charge in [0.05, 0.1) is 17.4 Å². The van der Waals surface area contributed by atoms with E-state index in [2.05, 4.69) is 10.4 Å². The molecule has 0 saturated carbocycles. The standard InChI is InChI=1S/C17H24N4O3S/c1-12(15-9-7-6-8-10-15)18-16(22)11-21-14(3)17(13(2)19-21)25(23,24)20(4)5/h6-10,12H,11H2,1-5H3,(H,18,22)/t12-/m1/s1. The molecule has 0 spiro atoms. The number of nitrogens with one attached hydrogen (secondary N) is 1. The Balaban J connectivity index is 2.17. The molecule has 0 unspecified atom stereocenters. The van der Waals surface area contributed by atoms with Gasteiger partial charge < -0.3 is 5.32 Å². The summed E-state index contributed by atoms with van der Waals surface area (Å²) in [6.07, 6.45) is 0. The zero-order valence-corrected chi connectivity index (χ0v) is 16.0. The fraction of sp³-hybridized carbons (Fsp3) is 0.412. The highest BCUT2D eigenvalue weighted by Gasteiger charge is 2.27. The predicted octanol–water partition coefficient (Wildman–Crippen LogP) is 1.63. The third kappa shape index (κ3) is 4.08. The van der Waals surface area contributed by atoms with Gasteiger partial charge in [-0.15, -0.1) is 0 Å². The van der Waals surface area contributed by atoms with Crippen molar-refractivity contribution in [2.75, 3.05) is 14.1 Å². The van der Waals surface area contributed by atoms with Crippen LogP contribution in [-0.2, 0) is 21.4 Å². The van der Waals surface area contributed by atoms with Gasteiger partial charge in [-0.3, -0.25) is 9.48 Å². The lowest BCUT2D eigenvalue weighted by Crippen LogP contribution is -2.31. The molecule has 1 heterocycles. The van der Waals surface area contributed by atoms with Crippen molar-refractivity contribution >= 4 is 15.9 Å². The minimum Gasteiger partial charge on any atom is -0.348 e. The predicted molar refractivity (Wildman–Crippen MR) is 95.6 cm³/mol. The molecule has 1 amide bonds. The van der Waals surface area contributed by atoms with Gasteiger partial charge in [0.15, 0.2) is 0 Å². The van der Waals surface area contributed by atoms with Gasteiger partial charge in [0.25, 0.3) is 0 Å². The lowest BCUT2D eigenvalue weighted by atomic mass is 10.1. The number of aromatic nitrogens is 2. The molecule has 136 valence electrons. The summed E-state index contributed by atoms with van der Waals surface area (Å²) in [5, 5.41) is 7.13. The molecule has 0 fully saturated rings. The highest BCUT2D eigenvalue weighted by molar-refractivity contribution is 7.89. The summed E-state index contributed by atoms with van der Waals surface area (Å²) in [4.78, 5) is 12.5. The topological polar surface area (TPSA) is 84.3 Å². The van der Waals surface area contributed by atoms with Crippen LogP contribution in [0.3, 0.4) is 0 Å². The summed E-state index contributed by atoms with van der Waals surface area (Å²) in [7, 11) is -0.657. The van der Waals surface area contributed by atoms with Crippen molar-refractivity contribution in [1.29, 1.82) is 0 Å². The van der Waals surface area contributed by atoms with Gasteiger partial charge in [0.2, 0.25) is 15.9 Å². The Bertz CT molecular complexity index is 858. The quantitative estimate of drug-likeness (QED) is 0.844. The van der Waals surface area contributed by atoms with E-state index in [0.29, 0.717) is 11.4 Å². The fourth-order valence-electron chi connectivity index (χ4n) is 2.64. The molecule has 7 nitrogen and oxygen atoms in total. The molecule has 0 bridgehead atoms. The van der Waals surface area contributed by atoms with Gasteiger partial charge in [0.1, 0.15) is 11.4 Å². The second kappa shape index (κ2) is 7.37. The van der Waals surface area contributed by atoms with E-state index in [4.69, 9.17) is 0 Å². The van der Waals surface area contributed by atoms with Gasteiger partial charge in [-0.2, -0.15) is 5.10 Å². The van der Waals surface area contributed by atoms with Crippen LogP contribution in [0, 0.1) is 13.8 Å². The Kier molecular flexibility index (Phi) is 5.64. The van der Waals surface area contributed by atoms with Crippen LogP contribution in [0.4, 0.5) is 0 Å². The van der Waals surface area contributed by atoms with Crippen molar-refractivity contribution in [2.24, 2.45) is 0 Å². The van der Waals surface area contributed by atoms with E-state index >= 15 is 0 Å². The van der Waals surface area contributed by atoms with E-state index in [-0.39, 0.29) is 23.4 Å². The molecule has 2 aromatic rings. The summed E-state index contributed by atoms with van der Waals surface area (Å²) in [5.74, 6) is -0.226. The molecule has 8 heteroatoms. The van der Waals surface area contributed by atoms with Crippen molar-refractivity contribution in [3.8, 4) is 0 Å². The molecule has 1 N–H and O–H groups in total. The second-order valence-corrected chi connectivity index (χ2v) is 8.23. The van der Waals surface area contributed by atoms with Gasteiger partial charge >= 0.3 is 0 Å². The van der Waals surface area contributed by atoms with Crippen LogP contribution in [0.5, 0.6) is 0 Å². The number of hydrogen-bond donors (Lipinski definition) is 1. The molecule has 1 atom stereocenters. The average molecular weight is 364 g/mol. The average Bonchev–Trinajstić information content (AvgIpc) is 2.82. The molecule has 1 aromatic carbocycles. The smallest absolute Gasteiger partial charge is 0.246 e. The molecule has 0 saturated heterocycles. The first-order chi connectivity index (χ1) is 11.6. The molecular formula is C17H24N4O3S. The zero-order chi connectivity index (χ0) is 18.8. The monoisotopic (exact) mass is 364 g/mol. The lowest BCUT2D eigenvalue weighted by molar-refractivity contribution is -0.122. The molecule has 0 radical (unpaired) electrons. The second-order valence-electron chi connectivity index (χ2n) is 6.14. The van der Waals surface area contributed by atoms with Crippen LogP contribution in [0.1, 0.15) is 29.9 Å². The molecular weight excluding hydrogens is 340 g/mol. The summed E-state index contributed by atoms with van der Waals surface area (Å²) >= 11 is 0. The zero-order valence-electron chi connectivity index (χ0n) is 15.1. The van der Waals surface area contributed by atoms with Crippen molar-refractivity contribution in [3.63, 3.8) is 0 Å². The minimum atomic E-state index is -3.60. The number of carbonyl (C=O) groups is 1. The van der Waals surface area contributed by atoms with Crippen molar-refractivity contribution in [2.45, 2.75) is 38.3 Å². The van der Waals surface area contributed by atoms with Crippen LogP contribution in [0.2, 0.25) is 0 Å². The Morgan fingerprint density at radius 2 is 1.84 bits per heavy atom. The third-order valence-electron chi connectivity index (χ3n) is 4.02. The highest BCUT2D eigenvalue weighted by atomic mass is 32.2.